The molecule has 0 bridgehead atoms. The average molecular weight is 503 g/mol. The van der Waals surface area contributed by atoms with Crippen molar-refractivity contribution in [1.29, 1.82) is 0 Å². The number of rotatable bonds is 5. The minimum atomic E-state index is -5.08. The highest BCUT2D eigenvalue weighted by atomic mass is 19.4. The molecule has 1 aromatic carbocycles. The molecule has 0 saturated carbocycles. The van der Waals surface area contributed by atoms with Crippen molar-refractivity contribution in [3.63, 3.8) is 0 Å². The monoisotopic (exact) mass is 503 g/mol. The molecule has 0 aromatic heterocycles. The third kappa shape index (κ3) is 6.28. The number of nitrogens with zero attached hydrogens (tertiary/aromatic N) is 3. The lowest BCUT2D eigenvalue weighted by Crippen LogP contribution is -2.78. The number of likely N-dealkylation sites (tertiary alicyclic amines) is 1. The third-order valence-corrected chi connectivity index (χ3v) is 6.46. The molecule has 0 unspecified atom stereocenters. The number of alkyl halides is 3. The van der Waals surface area contributed by atoms with Crippen molar-refractivity contribution in [1.82, 2.24) is 14.7 Å². The van der Waals surface area contributed by atoms with Gasteiger partial charge >= 0.3 is 18.1 Å². The first kappa shape index (κ1) is 26.9. The van der Waals surface area contributed by atoms with Crippen LogP contribution >= 0.6 is 0 Å². The van der Waals surface area contributed by atoms with Crippen LogP contribution in [0.4, 0.5) is 13.2 Å². The Morgan fingerprint density at radius 2 is 1.74 bits per heavy atom. The second-order valence-electron chi connectivity index (χ2n) is 9.12. The Morgan fingerprint density at radius 3 is 2.31 bits per heavy atom. The molecule has 3 fully saturated rings. The zero-order chi connectivity index (χ0) is 26.0. The summed E-state index contributed by atoms with van der Waals surface area (Å²) in [5, 5.41) is 35.6. The number of aromatic carboxylic acids is 1. The summed E-state index contributed by atoms with van der Waals surface area (Å²) >= 11 is 0. The molecular weight excluding hydrogens is 475 g/mol. The van der Waals surface area contributed by atoms with Crippen LogP contribution in [0.15, 0.2) is 24.3 Å². The normalized spacial score (nSPS) is 23.7. The first-order valence-corrected chi connectivity index (χ1v) is 11.0. The molecule has 4 N–H and O–H groups in total. The van der Waals surface area contributed by atoms with Crippen LogP contribution in [-0.2, 0) is 16.1 Å². The first-order chi connectivity index (χ1) is 16.3. The SMILES string of the molecule is O=C(O)C(F)(F)F.O=C(O)c1cccc(CN2C[C@@H]3C[C@@H](O)CN3C3(C2)CN(C(=O)CCO)C3)c1. The van der Waals surface area contributed by atoms with E-state index >= 15 is 0 Å². The molecule has 194 valence electrons. The van der Waals surface area contributed by atoms with Gasteiger partial charge in [0.15, 0.2) is 0 Å². The molecule has 3 heterocycles. The van der Waals surface area contributed by atoms with Crippen molar-refractivity contribution >= 4 is 17.8 Å². The fraction of sp³-hybridized carbons (Fsp3) is 0.591. The van der Waals surface area contributed by atoms with E-state index in [2.05, 4.69) is 9.80 Å². The molecule has 1 spiro atoms. The Morgan fingerprint density at radius 1 is 1.09 bits per heavy atom. The quantitative estimate of drug-likeness (QED) is 0.444. The molecule has 3 saturated heterocycles. The van der Waals surface area contributed by atoms with Crippen LogP contribution in [0.1, 0.15) is 28.8 Å². The third-order valence-electron chi connectivity index (χ3n) is 6.46. The van der Waals surface area contributed by atoms with Gasteiger partial charge in [-0.1, -0.05) is 12.1 Å². The Hall–Kier alpha value is -2.74. The van der Waals surface area contributed by atoms with E-state index in [1.807, 2.05) is 6.07 Å². The zero-order valence-corrected chi connectivity index (χ0v) is 18.8. The van der Waals surface area contributed by atoms with Crippen LogP contribution < -0.4 is 0 Å². The number of aliphatic carboxylic acids is 1. The van der Waals surface area contributed by atoms with Gasteiger partial charge in [-0.2, -0.15) is 13.2 Å². The van der Waals surface area contributed by atoms with Crippen LogP contribution in [0, 0.1) is 0 Å². The van der Waals surface area contributed by atoms with Gasteiger partial charge in [0, 0.05) is 51.7 Å². The fourth-order valence-corrected chi connectivity index (χ4v) is 5.07. The summed E-state index contributed by atoms with van der Waals surface area (Å²) in [6, 6.07) is 7.24. The van der Waals surface area contributed by atoms with Crippen LogP contribution in [0.3, 0.4) is 0 Å². The summed E-state index contributed by atoms with van der Waals surface area (Å²) in [4.78, 5) is 38.7. The van der Waals surface area contributed by atoms with Crippen molar-refractivity contribution in [3.8, 4) is 0 Å². The molecule has 1 amide bonds. The second-order valence-corrected chi connectivity index (χ2v) is 9.12. The van der Waals surface area contributed by atoms with E-state index in [9.17, 15) is 33.0 Å². The average Bonchev–Trinajstić information content (AvgIpc) is 3.12. The van der Waals surface area contributed by atoms with Gasteiger partial charge in [0.1, 0.15) is 0 Å². The Labute approximate surface area is 199 Å². The summed E-state index contributed by atoms with van der Waals surface area (Å²) < 4.78 is 31.7. The Kier molecular flexibility index (Phi) is 8.04. The van der Waals surface area contributed by atoms with E-state index in [0.717, 1.165) is 25.1 Å². The number of carbonyl (C=O) groups excluding carboxylic acids is 1. The van der Waals surface area contributed by atoms with Gasteiger partial charge in [-0.25, -0.2) is 9.59 Å². The van der Waals surface area contributed by atoms with Gasteiger partial charge in [0.25, 0.3) is 0 Å². The number of β-amino-alcohol motifs (C(OH)–C–C–N with tert-alkyl or cyclic N) is 1. The van der Waals surface area contributed by atoms with E-state index in [0.29, 0.717) is 26.2 Å². The number of benzene rings is 1. The molecule has 3 aliphatic heterocycles. The number of piperazine rings is 1. The number of carboxylic acids is 2. The minimum Gasteiger partial charge on any atom is -0.478 e. The number of halogens is 3. The highest BCUT2D eigenvalue weighted by molar-refractivity contribution is 5.87. The molecular formula is C22H28F3N3O7. The van der Waals surface area contributed by atoms with Crippen molar-refractivity contribution in [2.75, 3.05) is 39.3 Å². The summed E-state index contributed by atoms with van der Waals surface area (Å²) in [6.07, 6.45) is -4.56. The number of hydrogen-bond donors (Lipinski definition) is 4. The standard InChI is InChI=1S/C20H27N3O5.C2HF3O2/c24-5-4-18(26)22-12-20(13-22)11-21(9-16-7-17(25)10-23(16)20)8-14-2-1-3-15(6-14)19(27)28;3-2(4,5)1(6)7/h1-3,6,16-17,24-25H,4-5,7-13H2,(H,27,28);(H,6,7)/t16-,17+;/m0./s1. The first-order valence-electron chi connectivity index (χ1n) is 11.0. The van der Waals surface area contributed by atoms with E-state index in [-0.39, 0.29) is 42.2 Å². The van der Waals surface area contributed by atoms with Gasteiger partial charge < -0.3 is 25.3 Å². The van der Waals surface area contributed by atoms with Crippen LogP contribution in [-0.4, -0.2) is 116 Å². The largest absolute Gasteiger partial charge is 0.490 e. The van der Waals surface area contributed by atoms with Gasteiger partial charge in [-0.3, -0.25) is 14.6 Å². The predicted molar refractivity (Wildman–Crippen MR) is 115 cm³/mol. The molecule has 2 atom stereocenters. The highest BCUT2D eigenvalue weighted by Gasteiger charge is 2.56. The molecule has 10 nitrogen and oxygen atoms in total. The van der Waals surface area contributed by atoms with Crippen LogP contribution in [0.5, 0.6) is 0 Å². The van der Waals surface area contributed by atoms with E-state index in [1.54, 1.807) is 23.1 Å². The smallest absolute Gasteiger partial charge is 0.478 e. The number of amides is 1. The van der Waals surface area contributed by atoms with Crippen molar-refractivity contribution in [2.45, 2.75) is 43.2 Å². The Balaban J connectivity index is 0.000000429. The van der Waals surface area contributed by atoms with Gasteiger partial charge in [0.2, 0.25) is 5.91 Å². The number of aliphatic hydroxyl groups is 2. The number of carboxylic acid groups (broad SMARTS) is 2. The maximum Gasteiger partial charge on any atom is 0.490 e. The molecule has 4 rings (SSSR count). The zero-order valence-electron chi connectivity index (χ0n) is 18.8. The molecule has 1 aromatic rings. The maximum absolute atomic E-state index is 12.1. The van der Waals surface area contributed by atoms with Crippen LogP contribution in [0.25, 0.3) is 0 Å². The molecule has 13 heteroatoms. The van der Waals surface area contributed by atoms with Gasteiger partial charge in [-0.15, -0.1) is 0 Å². The maximum atomic E-state index is 12.1. The summed E-state index contributed by atoms with van der Waals surface area (Å²) in [5.74, 6) is -3.72. The van der Waals surface area contributed by atoms with Crippen LogP contribution in [0.2, 0.25) is 0 Å². The fourth-order valence-electron chi connectivity index (χ4n) is 5.07. The van der Waals surface area contributed by atoms with Gasteiger partial charge in [0.05, 0.1) is 23.8 Å². The predicted octanol–water partition coefficient (Wildman–Crippen LogP) is 0.232. The highest BCUT2D eigenvalue weighted by Crippen LogP contribution is 2.39. The summed E-state index contributed by atoms with van der Waals surface area (Å²) in [7, 11) is 0. The second kappa shape index (κ2) is 10.5. The van der Waals surface area contributed by atoms with Crippen molar-refractivity contribution in [3.05, 3.63) is 35.4 Å². The lowest BCUT2D eigenvalue weighted by molar-refractivity contribution is -0.192. The van der Waals surface area contributed by atoms with Crippen molar-refractivity contribution in [2.24, 2.45) is 0 Å². The molecule has 3 aliphatic rings. The molecule has 0 radical (unpaired) electrons. The van der Waals surface area contributed by atoms with E-state index in [4.69, 9.17) is 15.0 Å². The lowest BCUT2D eigenvalue weighted by atomic mass is 9.83. The molecule has 0 aliphatic carbocycles. The number of hydrogen-bond acceptors (Lipinski definition) is 7. The van der Waals surface area contributed by atoms with E-state index in [1.165, 1.54) is 0 Å². The Bertz CT molecular complexity index is 952. The number of aliphatic hydroxyl groups excluding tert-OH is 2. The minimum absolute atomic E-state index is 0.0318. The topological polar surface area (TPSA) is 142 Å². The number of fused-ring (bicyclic) bond motifs is 2. The van der Waals surface area contributed by atoms with E-state index < -0.39 is 18.1 Å². The number of carbonyl (C=O) groups is 3. The van der Waals surface area contributed by atoms with Crippen molar-refractivity contribution < 1.29 is 48.0 Å². The summed E-state index contributed by atoms with van der Waals surface area (Å²) in [5.41, 5.74) is 1.07. The molecule has 35 heavy (non-hydrogen) atoms. The van der Waals surface area contributed by atoms with Gasteiger partial charge in [-0.05, 0) is 24.1 Å². The lowest BCUT2D eigenvalue weighted by Gasteiger charge is -2.61. The summed E-state index contributed by atoms with van der Waals surface area (Å²) in [6.45, 7) is 3.96.